The maximum Gasteiger partial charge on any atom is 0.239 e. The lowest BCUT2D eigenvalue weighted by atomic mass is 9.68. The maximum absolute atomic E-state index is 14.3. The molecule has 4 rings (SSSR count). The molecular weight excluding hydrogens is 433 g/mol. The quantitative estimate of drug-likeness (QED) is 0.751. The molecule has 1 saturated carbocycles. The summed E-state index contributed by atoms with van der Waals surface area (Å²) in [5.74, 6) is -0.564. The molecule has 0 bridgehead atoms. The number of aromatic nitrogens is 2. The molecule has 1 N–H and O–H groups in total. The maximum atomic E-state index is 14.3. The van der Waals surface area contributed by atoms with Gasteiger partial charge in [-0.05, 0) is 54.4 Å². The van der Waals surface area contributed by atoms with E-state index in [-0.39, 0.29) is 41.7 Å². The van der Waals surface area contributed by atoms with E-state index in [4.69, 9.17) is 0 Å². The summed E-state index contributed by atoms with van der Waals surface area (Å²) >= 11 is 0. The predicted octanol–water partition coefficient (Wildman–Crippen LogP) is 3.17. The number of nitrogens with zero attached hydrogens (tertiary/aromatic N) is 3. The summed E-state index contributed by atoms with van der Waals surface area (Å²) in [6.45, 7) is 3.96. The number of fused-ring (bicyclic) bond motifs is 3. The lowest BCUT2D eigenvalue weighted by molar-refractivity contribution is -0.125. The Morgan fingerprint density at radius 2 is 1.91 bits per heavy atom. The van der Waals surface area contributed by atoms with Gasteiger partial charge in [0, 0.05) is 31.0 Å². The number of aliphatic hydroxyl groups excluding tert-OH is 1. The Morgan fingerprint density at radius 1 is 1.19 bits per heavy atom. The minimum Gasteiger partial charge on any atom is -0.393 e. The fourth-order valence-electron chi connectivity index (χ4n) is 4.95. The third-order valence-corrected chi connectivity index (χ3v) is 7.70. The highest BCUT2D eigenvalue weighted by atomic mass is 32.2. The first-order valence-corrected chi connectivity index (χ1v) is 12.6. The number of sulfonamides is 1. The zero-order chi connectivity index (χ0) is 23.4. The Labute approximate surface area is 187 Å². The average molecular weight is 462 g/mol. The number of carbonyl (C=O) groups excluding carboxylic acids is 1. The number of carbonyl (C=O) groups is 1. The van der Waals surface area contributed by atoms with E-state index in [0.717, 1.165) is 32.9 Å². The molecule has 1 aromatic heterocycles. The van der Waals surface area contributed by atoms with Crippen LogP contribution in [-0.2, 0) is 21.2 Å². The van der Waals surface area contributed by atoms with Crippen LogP contribution in [0.3, 0.4) is 0 Å². The number of hydrogen-bond acceptors (Lipinski definition) is 6. The zero-order valence-electron chi connectivity index (χ0n) is 18.7. The Kier molecular flexibility index (Phi) is 5.83. The van der Waals surface area contributed by atoms with E-state index < -0.39 is 16.1 Å². The summed E-state index contributed by atoms with van der Waals surface area (Å²) in [7, 11) is -2.16. The SMILES string of the molecule is CC(C)c1nc(N(C)S(C)(=O)=O)nc2c1C[C@@H](C1CC(=O)C[C@H](O)C1)c1cc(F)ccc1-2. The normalized spacial score (nSPS) is 23.1. The molecule has 2 aromatic rings. The number of halogens is 1. The summed E-state index contributed by atoms with van der Waals surface area (Å²) < 4.78 is 39.6. The van der Waals surface area contributed by atoms with Gasteiger partial charge in [0.25, 0.3) is 0 Å². The van der Waals surface area contributed by atoms with Crippen LogP contribution in [0.5, 0.6) is 0 Å². The number of benzene rings is 1. The number of rotatable bonds is 4. The summed E-state index contributed by atoms with van der Waals surface area (Å²) in [6.07, 6.45) is 1.90. The van der Waals surface area contributed by atoms with Crippen molar-refractivity contribution in [2.75, 3.05) is 17.6 Å². The van der Waals surface area contributed by atoms with E-state index in [0.29, 0.717) is 25.0 Å². The van der Waals surface area contributed by atoms with E-state index in [1.165, 1.54) is 19.2 Å². The minimum atomic E-state index is -3.57. The number of Topliss-reactive ketones (excluding diaryl/α,β-unsaturated/α-hetero) is 1. The van der Waals surface area contributed by atoms with E-state index in [1.807, 2.05) is 13.8 Å². The van der Waals surface area contributed by atoms with Crippen molar-refractivity contribution in [3.63, 3.8) is 0 Å². The van der Waals surface area contributed by atoms with E-state index in [2.05, 4.69) is 9.97 Å². The highest BCUT2D eigenvalue weighted by Gasteiger charge is 2.38. The Bertz CT molecular complexity index is 1180. The van der Waals surface area contributed by atoms with Crippen molar-refractivity contribution in [2.45, 2.75) is 57.5 Å². The molecule has 1 heterocycles. The molecule has 3 atom stereocenters. The highest BCUT2D eigenvalue weighted by molar-refractivity contribution is 7.92. The number of aliphatic hydroxyl groups is 1. The second-order valence-corrected chi connectivity index (χ2v) is 11.3. The van der Waals surface area contributed by atoms with Crippen molar-refractivity contribution in [3.05, 3.63) is 40.8 Å². The fraction of sp³-hybridized carbons (Fsp3) is 0.522. The average Bonchev–Trinajstić information content (AvgIpc) is 2.70. The molecule has 9 heteroatoms. The first-order chi connectivity index (χ1) is 15.0. The molecular formula is C23H28FN3O4S. The summed E-state index contributed by atoms with van der Waals surface area (Å²) in [6, 6.07) is 4.51. The van der Waals surface area contributed by atoms with Crippen molar-refractivity contribution in [3.8, 4) is 11.3 Å². The van der Waals surface area contributed by atoms with Crippen molar-refractivity contribution in [2.24, 2.45) is 5.92 Å². The lowest BCUT2D eigenvalue weighted by Crippen LogP contribution is -2.33. The monoisotopic (exact) mass is 461 g/mol. The van der Waals surface area contributed by atoms with Gasteiger partial charge in [-0.1, -0.05) is 13.8 Å². The topological polar surface area (TPSA) is 100 Å². The van der Waals surface area contributed by atoms with Gasteiger partial charge in [-0.2, -0.15) is 0 Å². The number of anilines is 1. The molecule has 0 radical (unpaired) electrons. The van der Waals surface area contributed by atoms with Crippen LogP contribution in [0.25, 0.3) is 11.3 Å². The summed E-state index contributed by atoms with van der Waals surface area (Å²) in [5, 5.41) is 10.2. The van der Waals surface area contributed by atoms with Crippen molar-refractivity contribution < 1.29 is 22.7 Å². The molecule has 7 nitrogen and oxygen atoms in total. The molecule has 2 aliphatic carbocycles. The van der Waals surface area contributed by atoms with Crippen LogP contribution >= 0.6 is 0 Å². The van der Waals surface area contributed by atoms with Gasteiger partial charge < -0.3 is 5.11 Å². The number of ketones is 1. The third-order valence-electron chi connectivity index (χ3n) is 6.54. The van der Waals surface area contributed by atoms with Crippen molar-refractivity contribution in [1.29, 1.82) is 0 Å². The largest absolute Gasteiger partial charge is 0.393 e. The fourth-order valence-corrected chi connectivity index (χ4v) is 5.33. The zero-order valence-corrected chi connectivity index (χ0v) is 19.5. The van der Waals surface area contributed by atoms with Crippen LogP contribution in [0, 0.1) is 11.7 Å². The molecule has 0 saturated heterocycles. The minimum absolute atomic E-state index is 0.000290. The molecule has 1 aromatic carbocycles. The van der Waals surface area contributed by atoms with Gasteiger partial charge in [-0.25, -0.2) is 27.1 Å². The second-order valence-electron chi connectivity index (χ2n) is 9.26. The Hall–Kier alpha value is -2.39. The highest BCUT2D eigenvalue weighted by Crippen LogP contribution is 2.47. The van der Waals surface area contributed by atoms with Gasteiger partial charge in [0.15, 0.2) is 0 Å². The second kappa shape index (κ2) is 8.19. The summed E-state index contributed by atoms with van der Waals surface area (Å²) in [5.41, 5.74) is 3.69. The van der Waals surface area contributed by atoms with Gasteiger partial charge in [0.2, 0.25) is 16.0 Å². The third kappa shape index (κ3) is 4.15. The first kappa shape index (κ1) is 22.8. The van der Waals surface area contributed by atoms with Crippen LogP contribution in [0.1, 0.15) is 61.8 Å². The van der Waals surface area contributed by atoms with Crippen molar-refractivity contribution >= 4 is 21.8 Å². The Balaban J connectivity index is 1.91. The van der Waals surface area contributed by atoms with E-state index in [9.17, 15) is 22.7 Å². The van der Waals surface area contributed by atoms with Crippen LogP contribution in [0.15, 0.2) is 18.2 Å². The van der Waals surface area contributed by atoms with Crippen LogP contribution in [0.2, 0.25) is 0 Å². The molecule has 0 amide bonds. The lowest BCUT2D eigenvalue weighted by Gasteiger charge is -2.37. The van der Waals surface area contributed by atoms with Gasteiger partial charge >= 0.3 is 0 Å². The van der Waals surface area contributed by atoms with Crippen LogP contribution in [0.4, 0.5) is 10.3 Å². The predicted molar refractivity (Wildman–Crippen MR) is 120 cm³/mol. The van der Waals surface area contributed by atoms with E-state index >= 15 is 0 Å². The Morgan fingerprint density at radius 3 is 2.53 bits per heavy atom. The van der Waals surface area contributed by atoms with Crippen molar-refractivity contribution in [1.82, 2.24) is 9.97 Å². The van der Waals surface area contributed by atoms with Gasteiger partial charge in [0.05, 0.1) is 23.7 Å². The molecule has 2 aliphatic rings. The first-order valence-electron chi connectivity index (χ1n) is 10.8. The smallest absolute Gasteiger partial charge is 0.239 e. The van der Waals surface area contributed by atoms with Gasteiger partial charge in [0.1, 0.15) is 11.6 Å². The molecule has 1 fully saturated rings. The van der Waals surface area contributed by atoms with Crippen LogP contribution in [-0.4, -0.2) is 48.7 Å². The molecule has 0 spiro atoms. The molecule has 32 heavy (non-hydrogen) atoms. The standard InChI is InChI=1S/C23H28FN3O4S/c1-12(2)21-20-11-18(13-7-15(28)10-16(29)8-13)19-9-14(24)5-6-17(19)22(20)26-23(25-21)27(3)32(4,30)31/h5-6,9,12-13,15,18,28H,7-8,10-11H2,1-4H3/t13?,15-,18+/m1/s1. The van der Waals surface area contributed by atoms with Gasteiger partial charge in [-0.15, -0.1) is 0 Å². The van der Waals surface area contributed by atoms with Crippen LogP contribution < -0.4 is 4.31 Å². The van der Waals surface area contributed by atoms with E-state index in [1.54, 1.807) is 6.07 Å². The molecule has 1 unspecified atom stereocenters. The number of hydrogen-bond donors (Lipinski definition) is 1. The molecule has 0 aliphatic heterocycles. The molecule has 172 valence electrons. The van der Waals surface area contributed by atoms with Gasteiger partial charge in [-0.3, -0.25) is 4.79 Å². The summed E-state index contributed by atoms with van der Waals surface area (Å²) in [4.78, 5) is 21.4.